The molecule has 140 valence electrons. The number of amides is 1. The molecule has 0 aliphatic heterocycles. The van der Waals surface area contributed by atoms with Gasteiger partial charge in [-0.05, 0) is 51.3 Å². The summed E-state index contributed by atoms with van der Waals surface area (Å²) in [7, 11) is 3.98. The van der Waals surface area contributed by atoms with Crippen LogP contribution in [-0.2, 0) is 6.18 Å². The van der Waals surface area contributed by atoms with Crippen molar-refractivity contribution in [1.29, 1.82) is 0 Å². The van der Waals surface area contributed by atoms with E-state index in [1.165, 1.54) is 24.5 Å². The number of alkyl halides is 3. The van der Waals surface area contributed by atoms with Crippen molar-refractivity contribution in [2.24, 2.45) is 0 Å². The van der Waals surface area contributed by atoms with Gasteiger partial charge in [0.25, 0.3) is 5.91 Å². The number of hydrogen-bond donors (Lipinski definition) is 2. The van der Waals surface area contributed by atoms with Crippen molar-refractivity contribution >= 4 is 17.4 Å². The molecule has 6 nitrogen and oxygen atoms in total. The molecule has 1 amide bonds. The van der Waals surface area contributed by atoms with Crippen molar-refractivity contribution in [2.45, 2.75) is 12.6 Å². The quantitative estimate of drug-likeness (QED) is 0.736. The molecule has 9 heteroatoms. The van der Waals surface area contributed by atoms with Gasteiger partial charge in [-0.25, -0.2) is 9.97 Å². The van der Waals surface area contributed by atoms with Crippen LogP contribution in [0.3, 0.4) is 0 Å². The van der Waals surface area contributed by atoms with Gasteiger partial charge in [0.1, 0.15) is 11.5 Å². The molecular formula is C17H20F3N5O. The van der Waals surface area contributed by atoms with Crippen molar-refractivity contribution in [3.05, 3.63) is 47.9 Å². The molecule has 2 N–H and O–H groups in total. The van der Waals surface area contributed by atoms with Crippen LogP contribution in [-0.4, -0.2) is 48.0 Å². The molecule has 0 unspecified atom stereocenters. The molecule has 2 aromatic rings. The standard InChI is InChI=1S/C17H20F3N5O/c1-25(2)9-3-8-21-15-11-22-14(10-23-15)16(26)24-13-6-4-12(5-7-13)17(18,19)20/h4-7,10-11H,3,8-9H2,1-2H3,(H,21,23)(H,24,26). The Bertz CT molecular complexity index is 715. The van der Waals surface area contributed by atoms with Crippen LogP contribution in [0.25, 0.3) is 0 Å². The molecular weight excluding hydrogens is 347 g/mol. The molecule has 0 atom stereocenters. The van der Waals surface area contributed by atoms with E-state index in [2.05, 4.69) is 25.5 Å². The fourth-order valence-corrected chi connectivity index (χ4v) is 2.09. The van der Waals surface area contributed by atoms with Gasteiger partial charge in [0.05, 0.1) is 18.0 Å². The third-order valence-electron chi connectivity index (χ3n) is 3.44. The lowest BCUT2D eigenvalue weighted by atomic mass is 10.2. The van der Waals surface area contributed by atoms with Crippen molar-refractivity contribution in [1.82, 2.24) is 14.9 Å². The molecule has 0 aliphatic rings. The van der Waals surface area contributed by atoms with Gasteiger partial charge >= 0.3 is 6.18 Å². The van der Waals surface area contributed by atoms with Crippen molar-refractivity contribution < 1.29 is 18.0 Å². The molecule has 2 rings (SSSR count). The number of nitrogens with zero attached hydrogens (tertiary/aromatic N) is 3. The SMILES string of the molecule is CN(C)CCCNc1cnc(C(=O)Nc2ccc(C(F)(F)F)cc2)cn1. The third kappa shape index (κ3) is 5.99. The minimum Gasteiger partial charge on any atom is -0.369 e. The summed E-state index contributed by atoms with van der Waals surface area (Å²) in [6.45, 7) is 1.66. The average molecular weight is 367 g/mol. The van der Waals surface area contributed by atoms with Gasteiger partial charge in [0.15, 0.2) is 0 Å². The molecule has 1 heterocycles. The van der Waals surface area contributed by atoms with E-state index in [1.54, 1.807) is 0 Å². The van der Waals surface area contributed by atoms with Gasteiger partial charge in [-0.3, -0.25) is 4.79 Å². The Balaban J connectivity index is 1.89. The highest BCUT2D eigenvalue weighted by molar-refractivity contribution is 6.02. The first-order valence-electron chi connectivity index (χ1n) is 7.95. The number of carbonyl (C=O) groups is 1. The summed E-state index contributed by atoms with van der Waals surface area (Å²) >= 11 is 0. The number of benzene rings is 1. The van der Waals surface area contributed by atoms with Crippen LogP contribution < -0.4 is 10.6 Å². The minimum absolute atomic E-state index is 0.0729. The van der Waals surface area contributed by atoms with E-state index < -0.39 is 17.6 Å². The Kier molecular flexibility index (Phi) is 6.51. The first kappa shape index (κ1) is 19.6. The molecule has 0 saturated carbocycles. The van der Waals surface area contributed by atoms with Crippen molar-refractivity contribution in [2.75, 3.05) is 37.8 Å². The Morgan fingerprint density at radius 3 is 2.35 bits per heavy atom. The zero-order valence-electron chi connectivity index (χ0n) is 14.5. The second kappa shape index (κ2) is 8.61. The molecule has 0 radical (unpaired) electrons. The maximum atomic E-state index is 12.5. The van der Waals surface area contributed by atoms with E-state index >= 15 is 0 Å². The van der Waals surface area contributed by atoms with E-state index in [9.17, 15) is 18.0 Å². The maximum Gasteiger partial charge on any atom is 0.416 e. The van der Waals surface area contributed by atoms with Gasteiger partial charge in [0.2, 0.25) is 0 Å². The number of nitrogens with one attached hydrogen (secondary N) is 2. The first-order chi connectivity index (χ1) is 12.3. The lowest BCUT2D eigenvalue weighted by molar-refractivity contribution is -0.137. The smallest absolute Gasteiger partial charge is 0.369 e. The Hall–Kier alpha value is -2.68. The zero-order valence-corrected chi connectivity index (χ0v) is 14.5. The van der Waals surface area contributed by atoms with E-state index in [0.717, 1.165) is 31.6 Å². The van der Waals surface area contributed by atoms with E-state index in [4.69, 9.17) is 0 Å². The van der Waals surface area contributed by atoms with Gasteiger partial charge in [-0.15, -0.1) is 0 Å². The van der Waals surface area contributed by atoms with Crippen LogP contribution in [0.2, 0.25) is 0 Å². The largest absolute Gasteiger partial charge is 0.416 e. The maximum absolute atomic E-state index is 12.5. The highest BCUT2D eigenvalue weighted by atomic mass is 19.4. The number of aromatic nitrogens is 2. The van der Waals surface area contributed by atoms with Crippen LogP contribution >= 0.6 is 0 Å². The summed E-state index contributed by atoms with van der Waals surface area (Å²) in [6, 6.07) is 4.19. The molecule has 0 fully saturated rings. The summed E-state index contributed by atoms with van der Waals surface area (Å²) in [6.07, 6.45) is -0.723. The average Bonchev–Trinajstić information content (AvgIpc) is 2.59. The number of rotatable bonds is 7. The van der Waals surface area contributed by atoms with E-state index in [-0.39, 0.29) is 11.4 Å². The van der Waals surface area contributed by atoms with Crippen LogP contribution in [0, 0.1) is 0 Å². The van der Waals surface area contributed by atoms with Crippen LogP contribution in [0.4, 0.5) is 24.7 Å². The van der Waals surface area contributed by atoms with Crippen molar-refractivity contribution in [3.63, 3.8) is 0 Å². The third-order valence-corrected chi connectivity index (χ3v) is 3.44. The second-order valence-corrected chi connectivity index (χ2v) is 5.90. The number of halogens is 3. The highest BCUT2D eigenvalue weighted by Gasteiger charge is 2.30. The van der Waals surface area contributed by atoms with Crippen LogP contribution in [0.1, 0.15) is 22.5 Å². The topological polar surface area (TPSA) is 70.2 Å². The van der Waals surface area contributed by atoms with Gasteiger partial charge in [-0.1, -0.05) is 0 Å². The van der Waals surface area contributed by atoms with Crippen LogP contribution in [0.15, 0.2) is 36.7 Å². The zero-order chi connectivity index (χ0) is 19.2. The predicted octanol–water partition coefficient (Wildman–Crippen LogP) is 3.11. The van der Waals surface area contributed by atoms with Crippen LogP contribution in [0.5, 0.6) is 0 Å². The Labute approximate surface area is 149 Å². The minimum atomic E-state index is -4.41. The summed E-state index contributed by atoms with van der Waals surface area (Å²) in [4.78, 5) is 22.3. The molecule has 1 aromatic carbocycles. The highest BCUT2D eigenvalue weighted by Crippen LogP contribution is 2.29. The first-order valence-corrected chi connectivity index (χ1v) is 7.95. The molecule has 0 bridgehead atoms. The van der Waals surface area contributed by atoms with Gasteiger partial charge < -0.3 is 15.5 Å². The van der Waals surface area contributed by atoms with Gasteiger partial charge in [-0.2, -0.15) is 13.2 Å². The summed E-state index contributed by atoms with van der Waals surface area (Å²) in [5, 5.41) is 5.58. The lowest BCUT2D eigenvalue weighted by Gasteiger charge is -2.10. The second-order valence-electron chi connectivity index (χ2n) is 5.90. The molecule has 0 aliphatic carbocycles. The summed E-state index contributed by atoms with van der Waals surface area (Å²) < 4.78 is 37.6. The molecule has 0 spiro atoms. The van der Waals surface area contributed by atoms with Gasteiger partial charge in [0, 0.05) is 12.2 Å². The molecule has 1 aromatic heterocycles. The Morgan fingerprint density at radius 2 is 1.81 bits per heavy atom. The molecule has 26 heavy (non-hydrogen) atoms. The van der Waals surface area contributed by atoms with Crippen molar-refractivity contribution in [3.8, 4) is 0 Å². The normalized spacial score (nSPS) is 11.5. The fourth-order valence-electron chi connectivity index (χ4n) is 2.09. The lowest BCUT2D eigenvalue weighted by Crippen LogP contribution is -2.17. The van der Waals surface area contributed by atoms with E-state index in [0.29, 0.717) is 5.82 Å². The summed E-state index contributed by atoms with van der Waals surface area (Å²) in [5.41, 5.74) is -0.459. The monoisotopic (exact) mass is 367 g/mol. The Morgan fingerprint density at radius 1 is 1.12 bits per heavy atom. The van der Waals surface area contributed by atoms with E-state index in [1.807, 2.05) is 14.1 Å². The number of anilines is 2. The fraction of sp³-hybridized carbons (Fsp3) is 0.353. The number of hydrogen-bond acceptors (Lipinski definition) is 5. The summed E-state index contributed by atoms with van der Waals surface area (Å²) in [5.74, 6) is 0.00579. The predicted molar refractivity (Wildman–Crippen MR) is 93.1 cm³/mol. The molecule has 0 saturated heterocycles. The number of carbonyl (C=O) groups excluding carboxylic acids is 1.